The molecule has 1 saturated carbocycles. The third kappa shape index (κ3) is 4.07. The number of carbonyl (C=O) groups is 1. The van der Waals surface area contributed by atoms with Crippen LogP contribution >= 0.6 is 0 Å². The van der Waals surface area contributed by atoms with Gasteiger partial charge < -0.3 is 4.74 Å². The number of hydrogen-bond donors (Lipinski definition) is 1. The molecule has 2 rings (SSSR count). The van der Waals surface area contributed by atoms with Crippen LogP contribution in [0.15, 0.2) is 30.3 Å². The molecule has 0 amide bonds. The molecule has 116 valence electrons. The molecule has 0 heterocycles. The molecule has 1 unspecified atom stereocenters. The first kappa shape index (κ1) is 16.0. The van der Waals surface area contributed by atoms with Crippen molar-refractivity contribution in [3.63, 3.8) is 0 Å². The van der Waals surface area contributed by atoms with Gasteiger partial charge in [-0.25, -0.2) is 0 Å². The summed E-state index contributed by atoms with van der Waals surface area (Å²) in [5, 5.41) is 3.58. The number of hydrogen-bond acceptors (Lipinski definition) is 3. The predicted octanol–water partition coefficient (Wildman–Crippen LogP) is 3.33. The number of rotatable bonds is 8. The quantitative estimate of drug-likeness (QED) is 0.746. The molecule has 0 saturated heterocycles. The zero-order valence-corrected chi connectivity index (χ0v) is 13.4. The van der Waals surface area contributed by atoms with E-state index < -0.39 is 5.54 Å². The highest BCUT2D eigenvalue weighted by atomic mass is 16.5. The van der Waals surface area contributed by atoms with Crippen LogP contribution in [0.4, 0.5) is 0 Å². The number of benzene rings is 1. The van der Waals surface area contributed by atoms with E-state index in [1.54, 1.807) is 0 Å². The van der Waals surface area contributed by atoms with Gasteiger partial charge >= 0.3 is 5.97 Å². The fraction of sp³-hybridized carbons (Fsp3) is 0.611. The van der Waals surface area contributed by atoms with E-state index in [1.807, 2.05) is 25.1 Å². The molecule has 1 aromatic rings. The Morgan fingerprint density at radius 3 is 2.52 bits per heavy atom. The molecule has 1 aromatic carbocycles. The molecular formula is C18H27NO2. The molecule has 1 N–H and O–H groups in total. The minimum Gasteiger partial charge on any atom is -0.465 e. The van der Waals surface area contributed by atoms with Gasteiger partial charge in [-0.05, 0) is 44.1 Å². The van der Waals surface area contributed by atoms with Crippen molar-refractivity contribution in [3.8, 4) is 0 Å². The van der Waals surface area contributed by atoms with Crippen molar-refractivity contribution >= 4 is 5.97 Å². The maximum absolute atomic E-state index is 12.6. The van der Waals surface area contributed by atoms with Crippen molar-refractivity contribution in [1.82, 2.24) is 5.32 Å². The predicted molar refractivity (Wildman–Crippen MR) is 85.1 cm³/mol. The fourth-order valence-electron chi connectivity index (χ4n) is 2.76. The van der Waals surface area contributed by atoms with Crippen LogP contribution in [-0.4, -0.2) is 24.2 Å². The summed E-state index contributed by atoms with van der Waals surface area (Å²) >= 11 is 0. The van der Waals surface area contributed by atoms with E-state index in [-0.39, 0.29) is 11.9 Å². The molecule has 0 aliphatic heterocycles. The van der Waals surface area contributed by atoms with E-state index in [0.29, 0.717) is 12.6 Å². The molecular weight excluding hydrogens is 262 g/mol. The monoisotopic (exact) mass is 289 g/mol. The summed E-state index contributed by atoms with van der Waals surface area (Å²) in [4.78, 5) is 12.6. The zero-order valence-electron chi connectivity index (χ0n) is 13.4. The van der Waals surface area contributed by atoms with E-state index in [1.165, 1.54) is 18.4 Å². The Labute approximate surface area is 128 Å². The first-order valence-electron chi connectivity index (χ1n) is 8.07. The molecule has 0 spiro atoms. The molecule has 1 aliphatic rings. The SMILES string of the molecule is CCOC(=O)C(CCc1ccccc1)(NC1CC1)C(C)C. The smallest absolute Gasteiger partial charge is 0.326 e. The van der Waals surface area contributed by atoms with Crippen LogP contribution in [0.2, 0.25) is 0 Å². The Morgan fingerprint density at radius 2 is 2.00 bits per heavy atom. The highest BCUT2D eigenvalue weighted by Gasteiger charge is 2.45. The second-order valence-corrected chi connectivity index (χ2v) is 6.25. The van der Waals surface area contributed by atoms with Crippen molar-refractivity contribution in [2.45, 2.75) is 58.0 Å². The summed E-state index contributed by atoms with van der Waals surface area (Å²) in [5.74, 6) is 0.115. The average Bonchev–Trinajstić information content (AvgIpc) is 3.28. The molecule has 1 fully saturated rings. The molecule has 3 heteroatoms. The van der Waals surface area contributed by atoms with E-state index in [9.17, 15) is 4.79 Å². The first-order chi connectivity index (χ1) is 10.1. The van der Waals surface area contributed by atoms with Crippen LogP contribution in [0.5, 0.6) is 0 Å². The number of esters is 1. The molecule has 1 atom stereocenters. The van der Waals surface area contributed by atoms with E-state index >= 15 is 0 Å². The summed E-state index contributed by atoms with van der Waals surface area (Å²) in [6, 6.07) is 10.8. The Balaban J connectivity index is 2.14. The fourth-order valence-corrected chi connectivity index (χ4v) is 2.76. The van der Waals surface area contributed by atoms with Gasteiger partial charge in [0.1, 0.15) is 5.54 Å². The van der Waals surface area contributed by atoms with E-state index in [0.717, 1.165) is 12.8 Å². The maximum Gasteiger partial charge on any atom is 0.326 e. The highest BCUT2D eigenvalue weighted by Crippen LogP contribution is 2.31. The summed E-state index contributed by atoms with van der Waals surface area (Å²) < 4.78 is 5.38. The topological polar surface area (TPSA) is 38.3 Å². The minimum atomic E-state index is -0.562. The molecule has 21 heavy (non-hydrogen) atoms. The third-order valence-electron chi connectivity index (χ3n) is 4.32. The van der Waals surface area contributed by atoms with Gasteiger partial charge in [0.15, 0.2) is 0 Å². The zero-order chi connectivity index (χ0) is 15.3. The van der Waals surface area contributed by atoms with Crippen molar-refractivity contribution in [3.05, 3.63) is 35.9 Å². The second-order valence-electron chi connectivity index (χ2n) is 6.25. The Kier molecular flexibility index (Phi) is 5.40. The Morgan fingerprint density at radius 1 is 1.33 bits per heavy atom. The molecule has 0 bridgehead atoms. The number of nitrogens with one attached hydrogen (secondary N) is 1. The average molecular weight is 289 g/mol. The molecule has 1 aliphatic carbocycles. The summed E-state index contributed by atoms with van der Waals surface area (Å²) in [6.45, 7) is 6.52. The Bertz CT molecular complexity index is 454. The Hall–Kier alpha value is -1.35. The van der Waals surface area contributed by atoms with Gasteiger partial charge in [-0.1, -0.05) is 44.2 Å². The van der Waals surface area contributed by atoms with Crippen molar-refractivity contribution < 1.29 is 9.53 Å². The second kappa shape index (κ2) is 7.08. The van der Waals surface area contributed by atoms with Gasteiger partial charge in [-0.15, -0.1) is 0 Å². The number of ether oxygens (including phenoxy) is 1. The lowest BCUT2D eigenvalue weighted by Gasteiger charge is -2.36. The summed E-state index contributed by atoms with van der Waals surface area (Å²) in [6.07, 6.45) is 4.00. The number of aryl methyl sites for hydroxylation is 1. The van der Waals surface area contributed by atoms with Crippen LogP contribution in [-0.2, 0) is 16.0 Å². The highest BCUT2D eigenvalue weighted by molar-refractivity contribution is 5.81. The maximum atomic E-state index is 12.6. The van der Waals surface area contributed by atoms with Crippen LogP contribution in [0.25, 0.3) is 0 Å². The summed E-state index contributed by atoms with van der Waals surface area (Å²) in [7, 11) is 0. The van der Waals surface area contributed by atoms with Gasteiger partial charge in [0.05, 0.1) is 6.61 Å². The summed E-state index contributed by atoms with van der Waals surface area (Å²) in [5.41, 5.74) is 0.705. The van der Waals surface area contributed by atoms with Crippen molar-refractivity contribution in [1.29, 1.82) is 0 Å². The lowest BCUT2D eigenvalue weighted by Crippen LogP contribution is -2.58. The van der Waals surface area contributed by atoms with E-state index in [2.05, 4.69) is 31.3 Å². The minimum absolute atomic E-state index is 0.0946. The van der Waals surface area contributed by atoms with Crippen molar-refractivity contribution in [2.24, 2.45) is 5.92 Å². The third-order valence-corrected chi connectivity index (χ3v) is 4.32. The normalized spacial score (nSPS) is 17.5. The molecule has 0 aromatic heterocycles. The van der Waals surface area contributed by atoms with Crippen molar-refractivity contribution in [2.75, 3.05) is 6.61 Å². The largest absolute Gasteiger partial charge is 0.465 e. The first-order valence-corrected chi connectivity index (χ1v) is 8.07. The van der Waals surface area contributed by atoms with Gasteiger partial charge in [0.25, 0.3) is 0 Å². The van der Waals surface area contributed by atoms with Crippen LogP contribution < -0.4 is 5.32 Å². The molecule has 3 nitrogen and oxygen atoms in total. The number of carbonyl (C=O) groups excluding carboxylic acids is 1. The van der Waals surface area contributed by atoms with Crippen LogP contribution in [0.3, 0.4) is 0 Å². The van der Waals surface area contributed by atoms with Crippen LogP contribution in [0, 0.1) is 5.92 Å². The van der Waals surface area contributed by atoms with Gasteiger partial charge in [0.2, 0.25) is 0 Å². The van der Waals surface area contributed by atoms with Gasteiger partial charge in [-0.2, -0.15) is 0 Å². The van der Waals surface area contributed by atoms with E-state index in [4.69, 9.17) is 4.74 Å². The lowest BCUT2D eigenvalue weighted by molar-refractivity contribution is -0.154. The van der Waals surface area contributed by atoms with Crippen LogP contribution in [0.1, 0.15) is 45.6 Å². The standard InChI is InChI=1S/C18H27NO2/c1-4-21-17(20)18(14(2)3,19-16-10-11-16)13-12-15-8-6-5-7-9-15/h5-9,14,16,19H,4,10-13H2,1-3H3. The van der Waals surface area contributed by atoms with Gasteiger partial charge in [0, 0.05) is 6.04 Å². The molecule has 0 radical (unpaired) electrons. The lowest BCUT2D eigenvalue weighted by atomic mass is 9.81. The van der Waals surface area contributed by atoms with Gasteiger partial charge in [-0.3, -0.25) is 10.1 Å².